The maximum absolute atomic E-state index is 10.4. The van der Waals surface area contributed by atoms with Gasteiger partial charge >= 0.3 is 5.97 Å². The Kier molecular flexibility index (Phi) is 4.42. The summed E-state index contributed by atoms with van der Waals surface area (Å²) in [5.74, 6) is 4.64. The monoisotopic (exact) mass is 164 g/mol. The number of carbonyl (C=O) groups is 1. The Bertz CT molecular complexity index is 120. The molecule has 5 heteroatoms. The lowest BCUT2D eigenvalue weighted by molar-refractivity contribution is -0.142. The Labute approximate surface area is 65.4 Å². The first kappa shape index (κ1) is 9.74. The fourth-order valence-electron chi connectivity index (χ4n) is 0.545. The highest BCUT2D eigenvalue weighted by Crippen LogP contribution is 1.95. The van der Waals surface area contributed by atoms with Gasteiger partial charge in [0.2, 0.25) is 0 Å². The summed E-state index contributed by atoms with van der Waals surface area (Å²) in [5, 5.41) is 9.75. The normalized spacial score (nSPS) is 13.6. The molecule has 0 unspecified atom stereocenters. The molecule has 0 radical (unpaired) electrons. The second kappa shape index (κ2) is 4.54. The Morgan fingerprint density at radius 2 is 2.40 bits per heavy atom. The number of thiol groups is 1. The molecule has 0 amide bonds. The second-order valence-corrected chi connectivity index (χ2v) is 2.23. The van der Waals surface area contributed by atoms with Gasteiger partial charge in [-0.05, 0) is 0 Å². The largest absolute Gasteiger partial charge is 0.480 e. The maximum atomic E-state index is 10.4. The molecule has 0 aromatic rings. The summed E-state index contributed by atoms with van der Waals surface area (Å²) < 4.78 is 0. The summed E-state index contributed by atoms with van der Waals surface area (Å²) in [7, 11) is 0. The summed E-state index contributed by atoms with van der Waals surface area (Å²) in [6.07, 6.45) is 0. The fourth-order valence-corrected chi connectivity index (χ4v) is 0.911. The van der Waals surface area contributed by atoms with Gasteiger partial charge in [-0.15, -0.1) is 0 Å². The first-order valence-electron chi connectivity index (χ1n) is 2.98. The van der Waals surface area contributed by atoms with E-state index in [-0.39, 0.29) is 5.75 Å². The zero-order valence-electron chi connectivity index (χ0n) is 5.82. The Morgan fingerprint density at radius 3 is 2.50 bits per heavy atom. The number of hydrogen-bond donors (Lipinski definition) is 3. The number of nitrogens with two attached hydrogens (primary N) is 1. The van der Waals surface area contributed by atoms with Crippen LogP contribution in [0.5, 0.6) is 0 Å². The van der Waals surface area contributed by atoms with Crippen molar-refractivity contribution in [2.45, 2.75) is 13.0 Å². The highest BCUT2D eigenvalue weighted by Gasteiger charge is 2.19. The van der Waals surface area contributed by atoms with E-state index in [0.717, 1.165) is 0 Å². The highest BCUT2D eigenvalue weighted by molar-refractivity contribution is 7.80. The summed E-state index contributed by atoms with van der Waals surface area (Å²) in [5.41, 5.74) is 0. The van der Waals surface area contributed by atoms with Crippen molar-refractivity contribution in [1.82, 2.24) is 5.01 Å². The molecule has 0 spiro atoms. The van der Waals surface area contributed by atoms with Gasteiger partial charge in [0.25, 0.3) is 0 Å². The van der Waals surface area contributed by atoms with Gasteiger partial charge < -0.3 is 5.11 Å². The molecular formula is C5H12N2O2S. The van der Waals surface area contributed by atoms with E-state index in [1.165, 1.54) is 5.01 Å². The van der Waals surface area contributed by atoms with Crippen molar-refractivity contribution in [3.8, 4) is 0 Å². The van der Waals surface area contributed by atoms with Gasteiger partial charge in [0.05, 0.1) is 0 Å². The number of nitrogens with zero attached hydrogens (tertiary/aromatic N) is 1. The van der Waals surface area contributed by atoms with Gasteiger partial charge in [-0.25, -0.2) is 5.01 Å². The van der Waals surface area contributed by atoms with E-state index in [0.29, 0.717) is 6.54 Å². The molecule has 0 heterocycles. The van der Waals surface area contributed by atoms with Crippen LogP contribution in [0.3, 0.4) is 0 Å². The molecule has 4 nitrogen and oxygen atoms in total. The molecule has 10 heavy (non-hydrogen) atoms. The summed E-state index contributed by atoms with van der Waals surface area (Å²) in [6.45, 7) is 2.30. The number of carboxylic acids is 1. The highest BCUT2D eigenvalue weighted by atomic mass is 32.1. The molecule has 60 valence electrons. The molecule has 0 aliphatic heterocycles. The van der Waals surface area contributed by atoms with Crippen molar-refractivity contribution in [2.75, 3.05) is 12.3 Å². The number of rotatable bonds is 4. The van der Waals surface area contributed by atoms with E-state index in [4.69, 9.17) is 10.9 Å². The Morgan fingerprint density at radius 1 is 1.90 bits per heavy atom. The van der Waals surface area contributed by atoms with Gasteiger partial charge in [-0.1, -0.05) is 6.92 Å². The number of likely N-dealkylation sites (N-methyl/N-ethyl adjacent to an activating group) is 1. The lowest BCUT2D eigenvalue weighted by atomic mass is 10.3. The van der Waals surface area contributed by atoms with Crippen LogP contribution in [0.4, 0.5) is 0 Å². The first-order valence-corrected chi connectivity index (χ1v) is 3.61. The van der Waals surface area contributed by atoms with Crippen molar-refractivity contribution in [3.63, 3.8) is 0 Å². The topological polar surface area (TPSA) is 66.6 Å². The second-order valence-electron chi connectivity index (χ2n) is 1.87. The molecule has 0 rings (SSSR count). The van der Waals surface area contributed by atoms with E-state index in [2.05, 4.69) is 12.6 Å². The van der Waals surface area contributed by atoms with Gasteiger partial charge in [-0.2, -0.15) is 12.6 Å². The summed E-state index contributed by atoms with van der Waals surface area (Å²) in [6, 6.07) is -0.673. The van der Waals surface area contributed by atoms with Crippen molar-refractivity contribution in [2.24, 2.45) is 5.84 Å². The Hall–Kier alpha value is -0.260. The SMILES string of the molecule is CCN(N)[C@@H](CS)C(=O)O. The minimum atomic E-state index is -0.931. The zero-order valence-corrected chi connectivity index (χ0v) is 6.71. The predicted octanol–water partition coefficient (Wildman–Crippen LogP) is -0.435. The summed E-state index contributed by atoms with van der Waals surface area (Å²) in [4.78, 5) is 10.4. The van der Waals surface area contributed by atoms with Gasteiger partial charge in [0, 0.05) is 12.3 Å². The van der Waals surface area contributed by atoms with Crippen LogP contribution in [0.15, 0.2) is 0 Å². The van der Waals surface area contributed by atoms with E-state index >= 15 is 0 Å². The van der Waals surface area contributed by atoms with Crippen LogP contribution in [0, 0.1) is 0 Å². The average Bonchev–Trinajstić information content (AvgIpc) is 1.88. The molecule has 3 N–H and O–H groups in total. The third-order valence-electron chi connectivity index (χ3n) is 1.22. The van der Waals surface area contributed by atoms with Gasteiger partial charge in [0.15, 0.2) is 0 Å². The standard InChI is InChI=1S/C5H12N2O2S/c1-2-7(6)4(3-10)5(8)9/h4,10H,2-3,6H2,1H3,(H,8,9)/t4-/m0/s1. The molecule has 1 atom stereocenters. The van der Waals surface area contributed by atoms with E-state index in [9.17, 15) is 4.79 Å². The first-order chi connectivity index (χ1) is 4.63. The maximum Gasteiger partial charge on any atom is 0.323 e. The van der Waals surface area contributed by atoms with Crippen LogP contribution in [0.2, 0.25) is 0 Å². The van der Waals surface area contributed by atoms with Gasteiger partial charge in [-0.3, -0.25) is 10.6 Å². The number of aliphatic carboxylic acids is 1. The quantitative estimate of drug-likeness (QED) is 0.299. The molecule has 0 fully saturated rings. The predicted molar refractivity (Wildman–Crippen MR) is 41.8 cm³/mol. The zero-order chi connectivity index (χ0) is 8.15. The lowest BCUT2D eigenvalue weighted by Crippen LogP contribution is -2.46. The molecule has 0 bridgehead atoms. The van der Waals surface area contributed by atoms with Crippen LogP contribution in [0.1, 0.15) is 6.92 Å². The van der Waals surface area contributed by atoms with Crippen LogP contribution in [-0.4, -0.2) is 34.4 Å². The van der Waals surface area contributed by atoms with Crippen molar-refractivity contribution < 1.29 is 9.90 Å². The van der Waals surface area contributed by atoms with Crippen LogP contribution < -0.4 is 5.84 Å². The number of hydrazine groups is 1. The average molecular weight is 164 g/mol. The third kappa shape index (κ3) is 2.55. The van der Waals surface area contributed by atoms with Crippen molar-refractivity contribution in [3.05, 3.63) is 0 Å². The molecule has 0 saturated carbocycles. The molecule has 0 aromatic heterocycles. The van der Waals surface area contributed by atoms with E-state index in [1.807, 2.05) is 0 Å². The van der Waals surface area contributed by atoms with Crippen LogP contribution >= 0.6 is 12.6 Å². The smallest absolute Gasteiger partial charge is 0.323 e. The van der Waals surface area contributed by atoms with Crippen LogP contribution in [-0.2, 0) is 4.79 Å². The van der Waals surface area contributed by atoms with Crippen molar-refractivity contribution in [1.29, 1.82) is 0 Å². The molecule has 0 aromatic carbocycles. The van der Waals surface area contributed by atoms with Crippen LogP contribution in [0.25, 0.3) is 0 Å². The van der Waals surface area contributed by atoms with E-state index < -0.39 is 12.0 Å². The number of hydrogen-bond acceptors (Lipinski definition) is 4. The number of carboxylic acid groups (broad SMARTS) is 1. The van der Waals surface area contributed by atoms with Crippen molar-refractivity contribution >= 4 is 18.6 Å². The molecule has 0 aliphatic carbocycles. The van der Waals surface area contributed by atoms with E-state index in [1.54, 1.807) is 6.92 Å². The molecule has 0 saturated heterocycles. The fraction of sp³-hybridized carbons (Fsp3) is 0.800. The minimum absolute atomic E-state index is 0.236. The minimum Gasteiger partial charge on any atom is -0.480 e. The lowest BCUT2D eigenvalue weighted by Gasteiger charge is -2.19. The summed E-state index contributed by atoms with van der Waals surface area (Å²) >= 11 is 3.85. The Balaban J connectivity index is 3.92. The molecule has 0 aliphatic rings. The molecular weight excluding hydrogens is 152 g/mol. The third-order valence-corrected chi connectivity index (χ3v) is 1.57. The van der Waals surface area contributed by atoms with Gasteiger partial charge in [0.1, 0.15) is 6.04 Å².